The molecule has 2 nitrogen and oxygen atoms in total. The fourth-order valence-corrected chi connectivity index (χ4v) is 0.716. The number of aromatic nitrogens is 1. The van der Waals surface area contributed by atoms with Gasteiger partial charge < -0.3 is 5.32 Å². The molecule has 0 radical (unpaired) electrons. The molecule has 0 aliphatic heterocycles. The van der Waals surface area contributed by atoms with E-state index in [1.165, 1.54) is 6.07 Å². The van der Waals surface area contributed by atoms with Gasteiger partial charge in [-0.25, -0.2) is 4.39 Å². The quantitative estimate of drug-likeness (QED) is 0.809. The van der Waals surface area contributed by atoms with Crippen LogP contribution in [0.1, 0.15) is 5.69 Å². The van der Waals surface area contributed by atoms with Crippen LogP contribution in [0.15, 0.2) is 18.3 Å². The average Bonchev–Trinajstić information content (AvgIpc) is 1.94. The third-order valence-electron chi connectivity index (χ3n) is 1.18. The minimum absolute atomic E-state index is 0. The van der Waals surface area contributed by atoms with Crippen molar-refractivity contribution in [3.63, 3.8) is 0 Å². The molecule has 0 saturated heterocycles. The zero-order valence-electron chi connectivity index (χ0n) is 6.58. The van der Waals surface area contributed by atoms with Gasteiger partial charge >= 0.3 is 0 Å². The van der Waals surface area contributed by atoms with Gasteiger partial charge in [0.05, 0.1) is 5.69 Å². The predicted molar refractivity (Wildman–Crippen MR) is 51.5 cm³/mol. The van der Waals surface area contributed by atoms with Crippen LogP contribution in [0.2, 0.25) is 0 Å². The number of rotatable bonds is 2. The van der Waals surface area contributed by atoms with Gasteiger partial charge in [-0.1, -0.05) is 0 Å². The molecule has 1 aromatic rings. The molecule has 5 heteroatoms. The second-order valence-corrected chi connectivity index (χ2v) is 1.96. The molecule has 70 valence electrons. The monoisotopic (exact) mass is 212 g/mol. The van der Waals surface area contributed by atoms with E-state index in [1.54, 1.807) is 19.3 Å². The van der Waals surface area contributed by atoms with Crippen molar-refractivity contribution < 1.29 is 4.39 Å². The fourth-order valence-electron chi connectivity index (χ4n) is 0.716. The molecule has 0 unspecified atom stereocenters. The Morgan fingerprint density at radius 1 is 1.50 bits per heavy atom. The van der Waals surface area contributed by atoms with E-state index in [9.17, 15) is 4.39 Å². The van der Waals surface area contributed by atoms with Crippen molar-refractivity contribution in [2.24, 2.45) is 0 Å². The highest BCUT2D eigenvalue weighted by Crippen LogP contribution is 2.00. The first-order chi connectivity index (χ1) is 4.84. The van der Waals surface area contributed by atoms with Crippen molar-refractivity contribution >= 4 is 24.8 Å². The molecule has 0 spiro atoms. The lowest BCUT2D eigenvalue weighted by Crippen LogP contribution is -2.08. The predicted octanol–water partition coefficient (Wildman–Crippen LogP) is 1.78. The first kappa shape index (κ1) is 14.2. The van der Waals surface area contributed by atoms with Crippen LogP contribution < -0.4 is 5.32 Å². The van der Waals surface area contributed by atoms with E-state index in [0.29, 0.717) is 12.2 Å². The van der Waals surface area contributed by atoms with E-state index in [2.05, 4.69) is 10.3 Å². The summed E-state index contributed by atoms with van der Waals surface area (Å²) in [6.07, 6.45) is 1.58. The summed E-state index contributed by atoms with van der Waals surface area (Å²) < 4.78 is 12.7. The van der Waals surface area contributed by atoms with E-state index in [0.717, 1.165) is 0 Å². The zero-order chi connectivity index (χ0) is 7.40. The molecule has 1 aromatic heterocycles. The number of nitrogens with zero attached hydrogens (tertiary/aromatic N) is 1. The van der Waals surface area contributed by atoms with E-state index in [-0.39, 0.29) is 30.6 Å². The van der Waals surface area contributed by atoms with Gasteiger partial charge in [-0.15, -0.1) is 24.8 Å². The Kier molecular flexibility index (Phi) is 8.59. The van der Waals surface area contributed by atoms with Crippen LogP contribution in [0.4, 0.5) is 4.39 Å². The van der Waals surface area contributed by atoms with Crippen LogP contribution in [-0.2, 0) is 6.54 Å². The third-order valence-corrected chi connectivity index (χ3v) is 1.18. The molecule has 0 saturated carbocycles. The summed E-state index contributed by atoms with van der Waals surface area (Å²) in [5.41, 5.74) is 0.463. The topological polar surface area (TPSA) is 24.9 Å². The van der Waals surface area contributed by atoms with Crippen molar-refractivity contribution in [2.75, 3.05) is 7.05 Å². The maximum atomic E-state index is 12.7. The summed E-state index contributed by atoms with van der Waals surface area (Å²) in [5.74, 6) is -0.253. The molecule has 12 heavy (non-hydrogen) atoms. The Labute approximate surface area is 83.4 Å². The Morgan fingerprint density at radius 3 is 2.67 bits per heavy atom. The van der Waals surface area contributed by atoms with Crippen LogP contribution >= 0.6 is 24.8 Å². The number of pyridine rings is 1. The molecule has 0 aromatic carbocycles. The van der Waals surface area contributed by atoms with Crippen molar-refractivity contribution in [1.29, 1.82) is 0 Å². The van der Waals surface area contributed by atoms with Gasteiger partial charge in [0.25, 0.3) is 0 Å². The molecule has 1 heterocycles. The Bertz CT molecular complexity index is 220. The maximum absolute atomic E-state index is 12.7. The van der Waals surface area contributed by atoms with Crippen molar-refractivity contribution in [3.05, 3.63) is 29.8 Å². The molecule has 1 N–H and O–H groups in total. The van der Waals surface area contributed by atoms with Crippen molar-refractivity contribution in [1.82, 2.24) is 10.3 Å². The minimum Gasteiger partial charge on any atom is -0.314 e. The summed E-state index contributed by atoms with van der Waals surface area (Å²) in [7, 11) is 1.76. The highest BCUT2D eigenvalue weighted by Gasteiger charge is 1.97. The summed E-state index contributed by atoms with van der Waals surface area (Å²) >= 11 is 0. The molecule has 1 rings (SSSR count). The SMILES string of the molecule is CNCc1ncccc1F.Cl.Cl. The highest BCUT2D eigenvalue weighted by atomic mass is 35.5. The Hall–Kier alpha value is -0.380. The number of halogens is 3. The Morgan fingerprint density at radius 2 is 2.17 bits per heavy atom. The molecular formula is C7H11Cl2FN2. The van der Waals surface area contributed by atoms with E-state index < -0.39 is 0 Å². The maximum Gasteiger partial charge on any atom is 0.146 e. The summed E-state index contributed by atoms with van der Waals surface area (Å²) in [5, 5.41) is 2.82. The summed E-state index contributed by atoms with van der Waals surface area (Å²) in [6.45, 7) is 0.479. The van der Waals surface area contributed by atoms with Crippen LogP contribution in [0, 0.1) is 5.82 Å². The summed E-state index contributed by atoms with van der Waals surface area (Å²) in [6, 6.07) is 2.98. The van der Waals surface area contributed by atoms with E-state index in [4.69, 9.17) is 0 Å². The van der Waals surface area contributed by atoms with Gasteiger partial charge in [0.1, 0.15) is 5.82 Å². The van der Waals surface area contributed by atoms with Gasteiger partial charge in [-0.05, 0) is 19.2 Å². The molecule has 0 aliphatic rings. The standard InChI is InChI=1S/C7H9FN2.2ClH/c1-9-5-7-6(8)3-2-4-10-7;;/h2-4,9H,5H2,1H3;2*1H. The molecule has 0 aliphatic carbocycles. The van der Waals surface area contributed by atoms with Crippen LogP contribution in [-0.4, -0.2) is 12.0 Å². The van der Waals surface area contributed by atoms with Gasteiger partial charge in [-0.3, -0.25) is 4.98 Å². The lowest BCUT2D eigenvalue weighted by Gasteiger charge is -1.98. The van der Waals surface area contributed by atoms with Gasteiger partial charge in [-0.2, -0.15) is 0 Å². The van der Waals surface area contributed by atoms with Crippen LogP contribution in [0.3, 0.4) is 0 Å². The summed E-state index contributed by atoms with van der Waals surface area (Å²) in [4.78, 5) is 3.83. The number of nitrogens with one attached hydrogen (secondary N) is 1. The van der Waals surface area contributed by atoms with E-state index in [1.807, 2.05) is 0 Å². The van der Waals surface area contributed by atoms with E-state index >= 15 is 0 Å². The second kappa shape index (κ2) is 7.28. The van der Waals surface area contributed by atoms with Gasteiger partial charge in [0.15, 0.2) is 0 Å². The van der Waals surface area contributed by atoms with Crippen LogP contribution in [0.5, 0.6) is 0 Å². The smallest absolute Gasteiger partial charge is 0.146 e. The van der Waals surface area contributed by atoms with Crippen molar-refractivity contribution in [3.8, 4) is 0 Å². The molecule has 0 atom stereocenters. The first-order valence-electron chi connectivity index (χ1n) is 3.08. The largest absolute Gasteiger partial charge is 0.314 e. The normalized spacial score (nSPS) is 8.17. The van der Waals surface area contributed by atoms with Crippen LogP contribution in [0.25, 0.3) is 0 Å². The number of hydrogen-bond donors (Lipinski definition) is 1. The third kappa shape index (κ3) is 3.85. The lowest BCUT2D eigenvalue weighted by molar-refractivity contribution is 0.588. The highest BCUT2D eigenvalue weighted by molar-refractivity contribution is 5.85. The molecule has 0 bridgehead atoms. The van der Waals surface area contributed by atoms with Gasteiger partial charge in [0, 0.05) is 12.7 Å². The zero-order valence-corrected chi connectivity index (χ0v) is 8.21. The molecule has 0 amide bonds. The van der Waals surface area contributed by atoms with Gasteiger partial charge in [0.2, 0.25) is 0 Å². The average molecular weight is 213 g/mol. The van der Waals surface area contributed by atoms with Crippen molar-refractivity contribution in [2.45, 2.75) is 6.54 Å². The molecule has 0 fully saturated rings. The Balaban J connectivity index is 0. The minimum atomic E-state index is -0.253. The number of hydrogen-bond acceptors (Lipinski definition) is 2. The second-order valence-electron chi connectivity index (χ2n) is 1.96. The molecular weight excluding hydrogens is 202 g/mol. The first-order valence-corrected chi connectivity index (χ1v) is 3.08. The lowest BCUT2D eigenvalue weighted by atomic mass is 10.3. The fraction of sp³-hybridized carbons (Fsp3) is 0.286.